The number of rotatable bonds is 3. The molecule has 2 aromatic carbocycles. The second-order valence-corrected chi connectivity index (χ2v) is 6.75. The lowest BCUT2D eigenvalue weighted by Gasteiger charge is -2.17. The highest BCUT2D eigenvalue weighted by molar-refractivity contribution is 9.12. The van der Waals surface area contributed by atoms with E-state index in [1.54, 1.807) is 0 Å². The Kier molecular flexibility index (Phi) is 5.14. The highest BCUT2D eigenvalue weighted by atomic mass is 79.9. The molecule has 2 rings (SSSR count). The second-order valence-electron chi connectivity index (χ2n) is 3.91. The van der Waals surface area contributed by atoms with Gasteiger partial charge in [0.1, 0.15) is 0 Å². The largest absolute Gasteiger partial charge is 0.0843 e. The number of benzene rings is 2. The first kappa shape index (κ1) is 14.4. The van der Waals surface area contributed by atoms with Crippen molar-refractivity contribution in [3.63, 3.8) is 0 Å². The molecule has 0 nitrogen and oxygen atoms in total. The Hall–Kier alpha value is -0.0200. The van der Waals surface area contributed by atoms with Crippen molar-refractivity contribution in [2.75, 3.05) is 0 Å². The minimum absolute atomic E-state index is 0.177. The smallest absolute Gasteiger partial charge is 0.0561 e. The summed E-state index contributed by atoms with van der Waals surface area (Å²) in [6, 6.07) is 15.7. The maximum absolute atomic E-state index is 5.89. The van der Waals surface area contributed by atoms with E-state index in [0.717, 1.165) is 10.0 Å². The molecule has 0 fully saturated rings. The number of hydrogen-bond acceptors (Lipinski definition) is 0. The van der Waals surface area contributed by atoms with Crippen molar-refractivity contribution >= 4 is 55.1 Å². The quantitative estimate of drug-likeness (QED) is 0.504. The van der Waals surface area contributed by atoms with Crippen LogP contribution in [0.1, 0.15) is 20.8 Å². The first-order valence-electron chi connectivity index (χ1n) is 5.37. The molecule has 4 heteroatoms. The summed E-state index contributed by atoms with van der Waals surface area (Å²) in [6.45, 7) is 0. The molecule has 2 aromatic rings. The molecule has 0 amide bonds. The van der Waals surface area contributed by atoms with Crippen LogP contribution in [0.5, 0.6) is 0 Å². The van der Waals surface area contributed by atoms with Crippen molar-refractivity contribution in [3.05, 3.63) is 69.7 Å². The van der Waals surface area contributed by atoms with Crippen LogP contribution in [-0.2, 0) is 0 Å². The van der Waals surface area contributed by atoms with Gasteiger partial charge in [-0.3, -0.25) is 0 Å². The molecular weight excluding hydrogens is 399 g/mol. The molecule has 0 aliphatic heterocycles. The molecule has 0 spiro atoms. The summed E-state index contributed by atoms with van der Waals surface area (Å²) in [5.41, 5.74) is 2.35. The number of alkyl halides is 2. The first-order chi connectivity index (χ1) is 8.58. The number of hydrogen-bond donors (Lipinski definition) is 0. The minimum atomic E-state index is 0.177. The van der Waals surface area contributed by atoms with E-state index < -0.39 is 0 Å². The zero-order valence-electron chi connectivity index (χ0n) is 9.29. The van der Waals surface area contributed by atoms with Crippen molar-refractivity contribution in [2.24, 2.45) is 0 Å². The van der Waals surface area contributed by atoms with Crippen LogP contribution in [0.4, 0.5) is 0 Å². The van der Waals surface area contributed by atoms with E-state index >= 15 is 0 Å². The van der Waals surface area contributed by atoms with Gasteiger partial charge >= 0.3 is 0 Å². The van der Waals surface area contributed by atoms with Crippen molar-refractivity contribution in [3.8, 4) is 0 Å². The maximum atomic E-state index is 5.89. The summed E-state index contributed by atoms with van der Waals surface area (Å²) < 4.78 is 0. The molecule has 0 radical (unpaired) electrons. The zero-order chi connectivity index (χ0) is 13.1. The molecule has 0 aromatic heterocycles. The highest BCUT2D eigenvalue weighted by Crippen LogP contribution is 2.42. The molecule has 0 heterocycles. The number of halogens is 4. The van der Waals surface area contributed by atoms with E-state index in [1.165, 1.54) is 11.1 Å². The lowest BCUT2D eigenvalue weighted by atomic mass is 10.0. The third kappa shape index (κ3) is 3.51. The molecular formula is C14H10Br2Cl2. The van der Waals surface area contributed by atoms with E-state index in [4.69, 9.17) is 23.2 Å². The molecule has 2 atom stereocenters. The van der Waals surface area contributed by atoms with Gasteiger partial charge in [0.25, 0.3) is 0 Å². The van der Waals surface area contributed by atoms with Gasteiger partial charge in [-0.2, -0.15) is 0 Å². The van der Waals surface area contributed by atoms with Crippen molar-refractivity contribution in [2.45, 2.75) is 9.65 Å². The van der Waals surface area contributed by atoms with Crippen LogP contribution in [0.25, 0.3) is 0 Å². The van der Waals surface area contributed by atoms with Crippen molar-refractivity contribution in [1.82, 2.24) is 0 Å². The zero-order valence-corrected chi connectivity index (χ0v) is 14.0. The van der Waals surface area contributed by atoms with E-state index in [1.807, 2.05) is 48.5 Å². The van der Waals surface area contributed by atoms with Gasteiger partial charge in [-0.15, -0.1) is 0 Å². The van der Waals surface area contributed by atoms with Gasteiger partial charge in [-0.25, -0.2) is 0 Å². The van der Waals surface area contributed by atoms with Crippen LogP contribution in [0.3, 0.4) is 0 Å². The third-order valence-electron chi connectivity index (χ3n) is 2.63. The fourth-order valence-electron chi connectivity index (χ4n) is 1.63. The lowest BCUT2D eigenvalue weighted by Crippen LogP contribution is -1.99. The molecule has 0 aliphatic rings. The average molecular weight is 409 g/mol. The second kappa shape index (κ2) is 6.42. The Labute approximate surface area is 134 Å². The van der Waals surface area contributed by atoms with Crippen LogP contribution < -0.4 is 0 Å². The van der Waals surface area contributed by atoms with Crippen LogP contribution in [-0.4, -0.2) is 0 Å². The van der Waals surface area contributed by atoms with Crippen LogP contribution >= 0.6 is 55.1 Å². The van der Waals surface area contributed by atoms with Gasteiger partial charge in [0.05, 0.1) is 9.65 Å². The standard InChI is InChI=1S/C14H10Br2Cl2/c15-13(9-1-5-11(17)6-2-9)14(16)10-3-7-12(18)8-4-10/h1-8,13-14H/t13-,14+. The Morgan fingerprint density at radius 1 is 0.611 bits per heavy atom. The van der Waals surface area contributed by atoms with E-state index in [2.05, 4.69) is 31.9 Å². The average Bonchev–Trinajstić information content (AvgIpc) is 2.39. The van der Waals surface area contributed by atoms with Gasteiger partial charge in [0.15, 0.2) is 0 Å². The molecule has 0 unspecified atom stereocenters. The van der Waals surface area contributed by atoms with Crippen LogP contribution in [0.2, 0.25) is 10.0 Å². The Morgan fingerprint density at radius 3 is 1.17 bits per heavy atom. The first-order valence-corrected chi connectivity index (χ1v) is 7.96. The topological polar surface area (TPSA) is 0 Å². The fraction of sp³-hybridized carbons (Fsp3) is 0.143. The molecule has 94 valence electrons. The fourth-order valence-corrected chi connectivity index (χ4v) is 3.10. The van der Waals surface area contributed by atoms with Gasteiger partial charge in [0.2, 0.25) is 0 Å². The summed E-state index contributed by atoms with van der Waals surface area (Å²) in [5.74, 6) is 0. The molecule has 18 heavy (non-hydrogen) atoms. The summed E-state index contributed by atoms with van der Waals surface area (Å²) in [7, 11) is 0. The third-order valence-corrected chi connectivity index (χ3v) is 5.96. The lowest BCUT2D eigenvalue weighted by molar-refractivity contribution is 0.938. The monoisotopic (exact) mass is 406 g/mol. The predicted octanol–water partition coefficient (Wildman–Crippen LogP) is 6.57. The van der Waals surface area contributed by atoms with Gasteiger partial charge in [-0.1, -0.05) is 79.3 Å². The van der Waals surface area contributed by atoms with E-state index in [0.29, 0.717) is 0 Å². The van der Waals surface area contributed by atoms with Gasteiger partial charge < -0.3 is 0 Å². The van der Waals surface area contributed by atoms with E-state index in [-0.39, 0.29) is 9.65 Å². The highest BCUT2D eigenvalue weighted by Gasteiger charge is 2.19. The Morgan fingerprint density at radius 2 is 0.889 bits per heavy atom. The van der Waals surface area contributed by atoms with Crippen molar-refractivity contribution in [1.29, 1.82) is 0 Å². The Bertz CT molecular complexity index is 459. The van der Waals surface area contributed by atoms with Crippen molar-refractivity contribution < 1.29 is 0 Å². The summed E-state index contributed by atoms with van der Waals surface area (Å²) in [6.07, 6.45) is 0. The predicted molar refractivity (Wildman–Crippen MR) is 86.2 cm³/mol. The summed E-state index contributed by atoms with van der Waals surface area (Å²) in [4.78, 5) is 0.354. The molecule has 0 saturated heterocycles. The summed E-state index contributed by atoms with van der Waals surface area (Å²) >= 11 is 19.2. The van der Waals surface area contributed by atoms with E-state index in [9.17, 15) is 0 Å². The molecule has 0 saturated carbocycles. The summed E-state index contributed by atoms with van der Waals surface area (Å²) in [5, 5.41) is 1.49. The maximum Gasteiger partial charge on any atom is 0.0561 e. The normalized spacial score (nSPS) is 14.2. The molecule has 0 bridgehead atoms. The molecule has 0 aliphatic carbocycles. The van der Waals surface area contributed by atoms with Crippen LogP contribution in [0.15, 0.2) is 48.5 Å². The Balaban J connectivity index is 2.20. The van der Waals surface area contributed by atoms with Gasteiger partial charge in [-0.05, 0) is 35.4 Å². The molecule has 0 N–H and O–H groups in total. The minimum Gasteiger partial charge on any atom is -0.0843 e. The van der Waals surface area contributed by atoms with Crippen LogP contribution in [0, 0.1) is 0 Å². The van der Waals surface area contributed by atoms with Gasteiger partial charge in [0, 0.05) is 10.0 Å². The SMILES string of the molecule is Clc1ccc([C@@H](Br)[C@@H](Br)c2ccc(Cl)cc2)cc1.